The molecule has 3 rings (SSSR count). The van der Waals surface area contributed by atoms with Gasteiger partial charge in [0, 0.05) is 11.6 Å². The molecule has 24 heavy (non-hydrogen) atoms. The monoisotopic (exact) mass is 347 g/mol. The van der Waals surface area contributed by atoms with Crippen molar-refractivity contribution in [3.8, 4) is 11.5 Å². The SMILES string of the molecule is COc1ccc(C(=O)N2CC[NH+](Cc3ccsc3)CC2)c(OC)c1. The van der Waals surface area contributed by atoms with Crippen LogP contribution in [0.25, 0.3) is 0 Å². The summed E-state index contributed by atoms with van der Waals surface area (Å²) in [4.78, 5) is 16.2. The van der Waals surface area contributed by atoms with E-state index in [9.17, 15) is 4.79 Å². The smallest absolute Gasteiger partial charge is 0.258 e. The molecule has 1 amide bonds. The van der Waals surface area contributed by atoms with Crippen LogP contribution in [0.1, 0.15) is 15.9 Å². The van der Waals surface area contributed by atoms with Crippen molar-refractivity contribution >= 4 is 17.2 Å². The average molecular weight is 347 g/mol. The highest BCUT2D eigenvalue weighted by atomic mass is 32.1. The van der Waals surface area contributed by atoms with Gasteiger partial charge in [-0.2, -0.15) is 11.3 Å². The molecule has 0 bridgehead atoms. The third kappa shape index (κ3) is 3.71. The zero-order chi connectivity index (χ0) is 16.9. The maximum Gasteiger partial charge on any atom is 0.258 e. The largest absolute Gasteiger partial charge is 0.497 e. The maximum absolute atomic E-state index is 12.8. The summed E-state index contributed by atoms with van der Waals surface area (Å²) in [6.45, 7) is 4.53. The minimum atomic E-state index is 0.0316. The number of benzene rings is 1. The topological polar surface area (TPSA) is 43.2 Å². The second-order valence-electron chi connectivity index (χ2n) is 5.92. The molecule has 1 aromatic heterocycles. The Hall–Kier alpha value is -2.05. The van der Waals surface area contributed by atoms with E-state index in [1.54, 1.807) is 43.8 Å². The third-order valence-corrected chi connectivity index (χ3v) is 5.16. The van der Waals surface area contributed by atoms with Crippen molar-refractivity contribution in [1.82, 2.24) is 4.90 Å². The summed E-state index contributed by atoms with van der Waals surface area (Å²) in [7, 11) is 3.18. The van der Waals surface area contributed by atoms with Crippen molar-refractivity contribution in [2.24, 2.45) is 0 Å². The molecule has 5 nitrogen and oxygen atoms in total. The van der Waals surface area contributed by atoms with Gasteiger partial charge in [0.25, 0.3) is 5.91 Å². The van der Waals surface area contributed by atoms with E-state index in [0.29, 0.717) is 17.1 Å². The molecule has 128 valence electrons. The van der Waals surface area contributed by atoms with E-state index in [1.165, 1.54) is 10.5 Å². The van der Waals surface area contributed by atoms with Gasteiger partial charge in [-0.1, -0.05) is 0 Å². The Morgan fingerprint density at radius 1 is 1.21 bits per heavy atom. The lowest BCUT2D eigenvalue weighted by Gasteiger charge is -2.32. The predicted octanol–water partition coefficient (Wildman–Crippen LogP) is 1.31. The van der Waals surface area contributed by atoms with Crippen LogP contribution in [0.2, 0.25) is 0 Å². The van der Waals surface area contributed by atoms with Crippen molar-refractivity contribution in [3.63, 3.8) is 0 Å². The number of quaternary nitrogens is 1. The van der Waals surface area contributed by atoms with Crippen LogP contribution < -0.4 is 14.4 Å². The zero-order valence-electron chi connectivity index (χ0n) is 14.1. The number of methoxy groups -OCH3 is 2. The molecule has 1 saturated heterocycles. The van der Waals surface area contributed by atoms with Crippen molar-refractivity contribution in [2.75, 3.05) is 40.4 Å². The summed E-state index contributed by atoms with van der Waals surface area (Å²) < 4.78 is 10.6. The first-order chi connectivity index (χ1) is 11.7. The van der Waals surface area contributed by atoms with Crippen molar-refractivity contribution in [3.05, 3.63) is 46.2 Å². The number of nitrogens with one attached hydrogen (secondary N) is 1. The molecule has 0 radical (unpaired) electrons. The lowest BCUT2D eigenvalue weighted by molar-refractivity contribution is -0.917. The van der Waals surface area contributed by atoms with E-state index >= 15 is 0 Å². The first-order valence-electron chi connectivity index (χ1n) is 8.07. The second kappa shape index (κ2) is 7.68. The summed E-state index contributed by atoms with van der Waals surface area (Å²) in [5, 5.41) is 4.32. The van der Waals surface area contributed by atoms with Crippen LogP contribution in [0.5, 0.6) is 11.5 Å². The Bertz CT molecular complexity index is 680. The van der Waals surface area contributed by atoms with Crippen molar-refractivity contribution in [2.45, 2.75) is 6.54 Å². The molecule has 0 atom stereocenters. The average Bonchev–Trinajstić information content (AvgIpc) is 3.14. The molecular formula is C18H23N2O3S+. The fourth-order valence-corrected chi connectivity index (χ4v) is 3.70. The first kappa shape index (κ1) is 16.8. The quantitative estimate of drug-likeness (QED) is 0.887. The van der Waals surface area contributed by atoms with Gasteiger partial charge in [-0.15, -0.1) is 0 Å². The molecule has 6 heteroatoms. The molecular weight excluding hydrogens is 324 g/mol. The number of rotatable bonds is 5. The van der Waals surface area contributed by atoms with Gasteiger partial charge in [0.15, 0.2) is 0 Å². The van der Waals surface area contributed by atoms with Gasteiger partial charge in [0.1, 0.15) is 18.0 Å². The number of carbonyl (C=O) groups excluding carboxylic acids is 1. The third-order valence-electron chi connectivity index (χ3n) is 4.43. The second-order valence-corrected chi connectivity index (χ2v) is 6.70. The van der Waals surface area contributed by atoms with Crippen LogP contribution in [0.4, 0.5) is 0 Å². The molecule has 0 spiro atoms. The lowest BCUT2D eigenvalue weighted by atomic mass is 10.1. The normalized spacial score (nSPS) is 15.3. The van der Waals surface area contributed by atoms with Gasteiger partial charge in [0.05, 0.1) is 46.0 Å². The number of hydrogen-bond donors (Lipinski definition) is 1. The van der Waals surface area contributed by atoms with E-state index in [2.05, 4.69) is 16.8 Å². The Morgan fingerprint density at radius 2 is 2.00 bits per heavy atom. The molecule has 0 unspecified atom stereocenters. The summed E-state index contributed by atoms with van der Waals surface area (Å²) in [5.74, 6) is 1.28. The molecule has 1 fully saturated rings. The molecule has 1 aromatic carbocycles. The molecule has 1 aliphatic heterocycles. The number of piperazine rings is 1. The Balaban J connectivity index is 1.62. The minimum absolute atomic E-state index is 0.0316. The zero-order valence-corrected chi connectivity index (χ0v) is 14.9. The Morgan fingerprint density at radius 3 is 2.62 bits per heavy atom. The van der Waals surface area contributed by atoms with Crippen LogP contribution in [0.15, 0.2) is 35.0 Å². The summed E-state index contributed by atoms with van der Waals surface area (Å²) in [6.07, 6.45) is 0. The summed E-state index contributed by atoms with van der Waals surface area (Å²) >= 11 is 1.74. The van der Waals surface area contributed by atoms with Crippen LogP contribution in [0, 0.1) is 0 Å². The molecule has 0 saturated carbocycles. The number of amides is 1. The van der Waals surface area contributed by atoms with Gasteiger partial charge >= 0.3 is 0 Å². The summed E-state index contributed by atoms with van der Waals surface area (Å²) in [5.41, 5.74) is 1.98. The number of nitrogens with zero attached hydrogens (tertiary/aromatic N) is 1. The van der Waals surface area contributed by atoms with Gasteiger partial charge < -0.3 is 19.3 Å². The maximum atomic E-state index is 12.8. The van der Waals surface area contributed by atoms with Crippen LogP contribution >= 0.6 is 11.3 Å². The molecule has 1 aliphatic rings. The summed E-state index contributed by atoms with van der Waals surface area (Å²) in [6, 6.07) is 7.52. The van der Waals surface area contributed by atoms with E-state index in [-0.39, 0.29) is 5.91 Å². The predicted molar refractivity (Wildman–Crippen MR) is 94.2 cm³/mol. The van der Waals surface area contributed by atoms with Crippen LogP contribution in [-0.4, -0.2) is 51.2 Å². The highest BCUT2D eigenvalue weighted by Crippen LogP contribution is 2.25. The van der Waals surface area contributed by atoms with Crippen molar-refractivity contribution in [1.29, 1.82) is 0 Å². The number of ether oxygens (including phenoxy) is 2. The van der Waals surface area contributed by atoms with E-state index in [0.717, 1.165) is 32.7 Å². The first-order valence-corrected chi connectivity index (χ1v) is 9.01. The van der Waals surface area contributed by atoms with E-state index < -0.39 is 0 Å². The lowest BCUT2D eigenvalue weighted by Crippen LogP contribution is -3.13. The fraction of sp³-hybridized carbons (Fsp3) is 0.389. The Labute approximate surface area is 146 Å². The number of carbonyl (C=O) groups is 1. The fourth-order valence-electron chi connectivity index (χ4n) is 3.03. The highest BCUT2D eigenvalue weighted by molar-refractivity contribution is 7.07. The van der Waals surface area contributed by atoms with Crippen LogP contribution in [-0.2, 0) is 6.54 Å². The van der Waals surface area contributed by atoms with Gasteiger partial charge in [-0.3, -0.25) is 4.79 Å². The van der Waals surface area contributed by atoms with Crippen LogP contribution in [0.3, 0.4) is 0 Å². The molecule has 0 aliphatic carbocycles. The van der Waals surface area contributed by atoms with Gasteiger partial charge in [0.2, 0.25) is 0 Å². The van der Waals surface area contributed by atoms with E-state index in [4.69, 9.17) is 9.47 Å². The standard InChI is InChI=1S/C18H22N2O3S/c1-22-15-3-4-16(17(11-15)23-2)18(21)20-8-6-19(7-9-20)12-14-5-10-24-13-14/h3-5,10-11,13H,6-9,12H2,1-2H3/p+1. The highest BCUT2D eigenvalue weighted by Gasteiger charge is 2.26. The van der Waals surface area contributed by atoms with Crippen molar-refractivity contribution < 1.29 is 19.2 Å². The molecule has 2 heterocycles. The minimum Gasteiger partial charge on any atom is -0.497 e. The Kier molecular flexibility index (Phi) is 5.37. The number of thiophene rings is 1. The molecule has 2 aromatic rings. The van der Waals surface area contributed by atoms with Gasteiger partial charge in [-0.05, 0) is 29.0 Å². The van der Waals surface area contributed by atoms with E-state index in [1.807, 2.05) is 4.90 Å². The number of hydrogen-bond acceptors (Lipinski definition) is 4. The molecule has 1 N–H and O–H groups in total. The van der Waals surface area contributed by atoms with Gasteiger partial charge in [-0.25, -0.2) is 0 Å².